The molecule has 0 atom stereocenters. The predicted octanol–water partition coefficient (Wildman–Crippen LogP) is 3.63. The molecule has 0 N–H and O–H groups in total. The van der Waals surface area contributed by atoms with Gasteiger partial charge in [0.25, 0.3) is 15.9 Å². The van der Waals surface area contributed by atoms with Crippen LogP contribution in [0.4, 0.5) is 5.69 Å². The molecule has 1 fully saturated rings. The molecule has 1 saturated heterocycles. The maximum absolute atomic E-state index is 13.5. The number of carbonyl (C=O) groups is 1. The summed E-state index contributed by atoms with van der Waals surface area (Å²) in [6.07, 6.45) is 0.700. The van der Waals surface area contributed by atoms with E-state index in [1.54, 1.807) is 59.1 Å². The highest BCUT2D eigenvalue weighted by atomic mass is 32.2. The maximum atomic E-state index is 13.5. The van der Waals surface area contributed by atoms with Crippen LogP contribution in [0, 0.1) is 0 Å². The molecule has 2 aromatic carbocycles. The molecule has 2 aromatic rings. The number of morpholine rings is 1. The van der Waals surface area contributed by atoms with E-state index in [1.165, 1.54) is 4.31 Å². The minimum absolute atomic E-state index is 0.0910. The molecule has 6 nitrogen and oxygen atoms in total. The van der Waals surface area contributed by atoms with Crippen molar-refractivity contribution in [1.29, 1.82) is 0 Å². The first kappa shape index (κ1) is 21.2. The Morgan fingerprint density at radius 1 is 1.03 bits per heavy atom. The van der Waals surface area contributed by atoms with Crippen LogP contribution in [0.25, 0.3) is 0 Å². The van der Waals surface area contributed by atoms with Gasteiger partial charge in [-0.05, 0) is 36.8 Å². The van der Waals surface area contributed by atoms with Gasteiger partial charge in [-0.2, -0.15) is 0 Å². The summed E-state index contributed by atoms with van der Waals surface area (Å²) < 4.78 is 33.7. The zero-order valence-electron chi connectivity index (χ0n) is 17.2. The molecular formula is C22H26N2O4S2. The normalized spacial score (nSPS) is 19.1. The molecule has 2 aliphatic heterocycles. The van der Waals surface area contributed by atoms with E-state index >= 15 is 0 Å². The zero-order valence-corrected chi connectivity index (χ0v) is 18.8. The molecule has 0 aliphatic carbocycles. The van der Waals surface area contributed by atoms with Crippen molar-refractivity contribution in [3.8, 4) is 0 Å². The van der Waals surface area contributed by atoms with Crippen molar-refractivity contribution in [2.24, 2.45) is 0 Å². The van der Waals surface area contributed by atoms with E-state index in [1.807, 2.05) is 6.07 Å². The number of hydrogen-bond donors (Lipinski definition) is 0. The molecule has 160 valence electrons. The van der Waals surface area contributed by atoms with Gasteiger partial charge in [0.15, 0.2) is 0 Å². The molecule has 4 rings (SSSR count). The molecule has 0 saturated carbocycles. The van der Waals surface area contributed by atoms with Crippen molar-refractivity contribution >= 4 is 33.4 Å². The van der Waals surface area contributed by atoms with Crippen LogP contribution < -0.4 is 4.31 Å². The lowest BCUT2D eigenvalue weighted by atomic mass is 10.1. The Hall–Kier alpha value is -2.03. The molecule has 0 bridgehead atoms. The maximum Gasteiger partial charge on any atom is 0.264 e. The van der Waals surface area contributed by atoms with E-state index in [0.717, 1.165) is 4.90 Å². The van der Waals surface area contributed by atoms with Crippen molar-refractivity contribution < 1.29 is 17.9 Å². The number of nitrogens with zero attached hydrogens (tertiary/aromatic N) is 2. The number of rotatable bonds is 3. The summed E-state index contributed by atoms with van der Waals surface area (Å²) in [5.74, 6) is -0.0910. The van der Waals surface area contributed by atoms with Crippen LogP contribution in [-0.2, 0) is 14.8 Å². The number of amides is 1. The number of carbonyl (C=O) groups excluding carboxylic acids is 1. The molecule has 0 aromatic heterocycles. The summed E-state index contributed by atoms with van der Waals surface area (Å²) in [7, 11) is -3.74. The third-order valence-corrected chi connectivity index (χ3v) is 8.56. The topological polar surface area (TPSA) is 66.9 Å². The van der Waals surface area contributed by atoms with Gasteiger partial charge in [-0.25, -0.2) is 8.42 Å². The molecule has 1 amide bonds. The van der Waals surface area contributed by atoms with E-state index in [-0.39, 0.29) is 15.5 Å². The third-order valence-electron chi connectivity index (χ3n) is 5.41. The average molecular weight is 447 g/mol. The molecular weight excluding hydrogens is 420 g/mol. The van der Waals surface area contributed by atoms with Crippen LogP contribution in [0.5, 0.6) is 0 Å². The summed E-state index contributed by atoms with van der Waals surface area (Å²) in [6, 6.07) is 13.9. The lowest BCUT2D eigenvalue weighted by Gasteiger charge is -2.28. The molecule has 2 heterocycles. The summed E-state index contributed by atoms with van der Waals surface area (Å²) in [5.41, 5.74) is 1.08. The first-order chi connectivity index (χ1) is 14.3. The van der Waals surface area contributed by atoms with Crippen molar-refractivity contribution in [2.75, 3.05) is 37.2 Å². The standard InChI is InChI=1S/C22H26N2O4S2/c1-22(2)10-11-24(30(26,27)18-6-4-3-5-7-18)19-16-17(8-9-20(19)29-22)21(25)23-12-14-28-15-13-23/h3-9,16H,10-15H2,1-2H3. The average Bonchev–Trinajstić information content (AvgIpc) is 2.89. The van der Waals surface area contributed by atoms with Gasteiger partial charge < -0.3 is 9.64 Å². The monoisotopic (exact) mass is 446 g/mol. The number of benzene rings is 2. The van der Waals surface area contributed by atoms with Crippen molar-refractivity contribution in [1.82, 2.24) is 4.90 Å². The van der Waals surface area contributed by atoms with E-state index in [9.17, 15) is 13.2 Å². The lowest BCUT2D eigenvalue weighted by molar-refractivity contribution is 0.0303. The van der Waals surface area contributed by atoms with Gasteiger partial charge in [-0.3, -0.25) is 9.10 Å². The number of fused-ring (bicyclic) bond motifs is 1. The smallest absolute Gasteiger partial charge is 0.264 e. The SMILES string of the molecule is CC1(C)CCN(S(=O)(=O)c2ccccc2)c2cc(C(=O)N3CCOCC3)ccc2S1. The van der Waals surface area contributed by atoms with Gasteiger partial charge in [0, 0.05) is 34.8 Å². The highest BCUT2D eigenvalue weighted by Crippen LogP contribution is 2.45. The summed E-state index contributed by atoms with van der Waals surface area (Å²) in [6.45, 7) is 6.73. The predicted molar refractivity (Wildman–Crippen MR) is 119 cm³/mol. The Labute approximate surface area is 182 Å². The Kier molecular flexibility index (Phi) is 5.83. The second kappa shape index (κ2) is 8.24. The third kappa shape index (κ3) is 4.22. The fourth-order valence-corrected chi connectivity index (χ4v) is 6.44. The van der Waals surface area contributed by atoms with E-state index in [4.69, 9.17) is 4.74 Å². The number of anilines is 1. The zero-order chi connectivity index (χ0) is 21.4. The molecule has 0 spiro atoms. The number of hydrogen-bond acceptors (Lipinski definition) is 5. The van der Waals surface area contributed by atoms with Gasteiger partial charge in [0.1, 0.15) is 0 Å². The summed E-state index contributed by atoms with van der Waals surface area (Å²) in [5, 5.41) is 0. The van der Waals surface area contributed by atoms with Gasteiger partial charge in [0.05, 0.1) is 23.8 Å². The van der Waals surface area contributed by atoms with E-state index in [0.29, 0.717) is 50.5 Å². The van der Waals surface area contributed by atoms with E-state index < -0.39 is 10.0 Å². The van der Waals surface area contributed by atoms with Crippen molar-refractivity contribution in [3.63, 3.8) is 0 Å². The molecule has 0 radical (unpaired) electrons. The quantitative estimate of drug-likeness (QED) is 0.720. The van der Waals surface area contributed by atoms with Gasteiger partial charge in [-0.15, -0.1) is 11.8 Å². The number of thioether (sulfide) groups is 1. The first-order valence-corrected chi connectivity index (χ1v) is 12.3. The summed E-state index contributed by atoms with van der Waals surface area (Å²) in [4.78, 5) is 15.9. The molecule has 8 heteroatoms. The molecule has 0 unspecified atom stereocenters. The van der Waals surface area contributed by atoms with Gasteiger partial charge in [-0.1, -0.05) is 32.0 Å². The Balaban J connectivity index is 1.78. The fourth-order valence-electron chi connectivity index (χ4n) is 3.69. The Morgan fingerprint density at radius 3 is 2.43 bits per heavy atom. The fraction of sp³-hybridized carbons (Fsp3) is 0.409. The van der Waals surface area contributed by atoms with Crippen molar-refractivity contribution in [2.45, 2.75) is 34.8 Å². The molecule has 30 heavy (non-hydrogen) atoms. The van der Waals surface area contributed by atoms with Crippen LogP contribution in [-0.4, -0.2) is 56.8 Å². The second-order valence-electron chi connectivity index (χ2n) is 8.09. The largest absolute Gasteiger partial charge is 0.378 e. The van der Waals surface area contributed by atoms with Crippen LogP contribution in [0.15, 0.2) is 58.3 Å². The molecule has 2 aliphatic rings. The van der Waals surface area contributed by atoms with E-state index in [2.05, 4.69) is 13.8 Å². The van der Waals surface area contributed by atoms with Crippen molar-refractivity contribution in [3.05, 3.63) is 54.1 Å². The van der Waals surface area contributed by atoms with Gasteiger partial charge in [0.2, 0.25) is 0 Å². The minimum Gasteiger partial charge on any atom is -0.378 e. The second-order valence-corrected chi connectivity index (χ2v) is 11.7. The number of sulfonamides is 1. The lowest BCUT2D eigenvalue weighted by Crippen LogP contribution is -2.40. The summed E-state index contributed by atoms with van der Waals surface area (Å²) >= 11 is 1.66. The number of ether oxygens (including phenoxy) is 1. The van der Waals surface area contributed by atoms with Crippen LogP contribution in [0.1, 0.15) is 30.6 Å². The highest BCUT2D eigenvalue weighted by Gasteiger charge is 2.34. The van der Waals surface area contributed by atoms with Crippen LogP contribution in [0.3, 0.4) is 0 Å². The first-order valence-electron chi connectivity index (χ1n) is 10.1. The van der Waals surface area contributed by atoms with Crippen LogP contribution in [0.2, 0.25) is 0 Å². The van der Waals surface area contributed by atoms with Crippen LogP contribution >= 0.6 is 11.8 Å². The highest BCUT2D eigenvalue weighted by molar-refractivity contribution is 8.01. The van der Waals surface area contributed by atoms with Gasteiger partial charge >= 0.3 is 0 Å². The Morgan fingerprint density at radius 2 is 1.73 bits per heavy atom. The Bertz CT molecular complexity index is 1030. The minimum atomic E-state index is -3.74.